The number of benzene rings is 8. The van der Waals surface area contributed by atoms with Crippen molar-refractivity contribution < 1.29 is 4.42 Å². The predicted octanol–water partition coefficient (Wildman–Crippen LogP) is 14.6. The van der Waals surface area contributed by atoms with Gasteiger partial charge in [-0.25, -0.2) is 0 Å². The summed E-state index contributed by atoms with van der Waals surface area (Å²) < 4.78 is 9.06. The lowest BCUT2D eigenvalue weighted by atomic mass is 9.82. The normalized spacial score (nSPS) is 13.3. The van der Waals surface area contributed by atoms with Crippen molar-refractivity contribution >= 4 is 81.3 Å². The largest absolute Gasteiger partial charge is 0.456 e. The molecule has 0 atom stereocenters. The van der Waals surface area contributed by atoms with Crippen molar-refractivity contribution in [3.63, 3.8) is 0 Å². The van der Waals surface area contributed by atoms with Gasteiger partial charge in [0.25, 0.3) is 0 Å². The number of fused-ring (bicyclic) bond motifs is 10. The monoisotopic (exact) mass is 683 g/mol. The number of furan rings is 1. The molecule has 11 rings (SSSR count). The molecule has 8 aromatic carbocycles. The molecular weight excluding hydrogens is 651 g/mol. The van der Waals surface area contributed by atoms with Gasteiger partial charge in [0.05, 0.1) is 0 Å². The van der Waals surface area contributed by atoms with E-state index >= 15 is 0 Å². The smallest absolute Gasteiger partial charge is 0.137 e. The van der Waals surface area contributed by atoms with Crippen LogP contribution in [0.3, 0.4) is 0 Å². The minimum Gasteiger partial charge on any atom is -0.456 e. The van der Waals surface area contributed by atoms with Crippen LogP contribution in [0, 0.1) is 0 Å². The predicted molar refractivity (Wildman–Crippen MR) is 222 cm³/mol. The van der Waals surface area contributed by atoms with Crippen LogP contribution in [0.5, 0.6) is 0 Å². The van der Waals surface area contributed by atoms with Gasteiger partial charge in [0.15, 0.2) is 0 Å². The van der Waals surface area contributed by atoms with Gasteiger partial charge < -0.3 is 9.32 Å². The Balaban J connectivity index is 1.03. The highest BCUT2D eigenvalue weighted by atomic mass is 32.1. The summed E-state index contributed by atoms with van der Waals surface area (Å²) in [6, 6.07) is 60.0. The molecular formula is C49H33NOS. The fourth-order valence-corrected chi connectivity index (χ4v) is 9.72. The molecule has 2 nitrogen and oxygen atoms in total. The zero-order valence-electron chi connectivity index (χ0n) is 28.9. The van der Waals surface area contributed by atoms with Crippen molar-refractivity contribution in [1.29, 1.82) is 0 Å². The zero-order valence-corrected chi connectivity index (χ0v) is 29.7. The molecule has 0 amide bonds. The van der Waals surface area contributed by atoms with Gasteiger partial charge in [0.1, 0.15) is 11.2 Å². The summed E-state index contributed by atoms with van der Waals surface area (Å²) >= 11 is 1.87. The molecule has 2 heterocycles. The van der Waals surface area contributed by atoms with Crippen molar-refractivity contribution in [2.75, 3.05) is 4.90 Å². The SMILES string of the molecule is CC1(C)c2ccccc2-c2ccc(N(c3ccc(-c4ccc5cc6c(cc5c4)sc4ccccc46)cc3)c3ccc4c(c3)oc3ccccc34)cc21. The molecule has 2 aromatic heterocycles. The van der Waals surface area contributed by atoms with Gasteiger partial charge in [-0.3, -0.25) is 0 Å². The second-order valence-electron chi connectivity index (χ2n) is 14.6. The van der Waals surface area contributed by atoms with Crippen molar-refractivity contribution in [3.8, 4) is 22.3 Å². The minimum atomic E-state index is -0.0996. The van der Waals surface area contributed by atoms with Crippen LogP contribution in [0.25, 0.3) is 75.1 Å². The van der Waals surface area contributed by atoms with Gasteiger partial charge >= 0.3 is 0 Å². The molecule has 0 N–H and O–H groups in total. The van der Waals surface area contributed by atoms with Crippen LogP contribution in [0.15, 0.2) is 168 Å². The van der Waals surface area contributed by atoms with Crippen molar-refractivity contribution in [2.24, 2.45) is 0 Å². The Labute approximate surface area is 305 Å². The fourth-order valence-electron chi connectivity index (χ4n) is 8.58. The lowest BCUT2D eigenvalue weighted by molar-refractivity contribution is 0.660. The molecule has 10 aromatic rings. The fraction of sp³-hybridized carbons (Fsp3) is 0.0612. The van der Waals surface area contributed by atoms with E-state index in [2.05, 4.69) is 170 Å². The van der Waals surface area contributed by atoms with Gasteiger partial charge in [0, 0.05) is 59.5 Å². The van der Waals surface area contributed by atoms with E-state index in [4.69, 9.17) is 4.42 Å². The Morgan fingerprint density at radius 1 is 0.442 bits per heavy atom. The van der Waals surface area contributed by atoms with Crippen LogP contribution >= 0.6 is 11.3 Å². The zero-order chi connectivity index (χ0) is 34.6. The highest BCUT2D eigenvalue weighted by Crippen LogP contribution is 2.51. The number of para-hydroxylation sites is 1. The first-order chi connectivity index (χ1) is 25.5. The maximum absolute atomic E-state index is 6.39. The van der Waals surface area contributed by atoms with Gasteiger partial charge in [-0.2, -0.15) is 0 Å². The number of rotatable bonds is 4. The van der Waals surface area contributed by atoms with Crippen molar-refractivity contribution in [2.45, 2.75) is 19.3 Å². The third-order valence-electron chi connectivity index (χ3n) is 11.2. The van der Waals surface area contributed by atoms with Crippen LogP contribution in [0.4, 0.5) is 17.1 Å². The number of hydrogen-bond donors (Lipinski definition) is 0. The van der Waals surface area contributed by atoms with Crippen molar-refractivity contribution in [3.05, 3.63) is 175 Å². The number of nitrogens with zero attached hydrogens (tertiary/aromatic N) is 1. The van der Waals surface area contributed by atoms with E-state index in [1.54, 1.807) is 0 Å². The Bertz CT molecular complexity index is 3050. The summed E-state index contributed by atoms with van der Waals surface area (Å²) in [6.45, 7) is 4.69. The highest BCUT2D eigenvalue weighted by molar-refractivity contribution is 7.25. The first kappa shape index (κ1) is 29.6. The molecule has 0 unspecified atom stereocenters. The molecule has 1 aliphatic carbocycles. The molecule has 0 spiro atoms. The van der Waals surface area contributed by atoms with Gasteiger partial charge in [-0.05, 0) is 111 Å². The average molecular weight is 684 g/mol. The van der Waals surface area contributed by atoms with Crippen LogP contribution in [0.2, 0.25) is 0 Å². The van der Waals surface area contributed by atoms with Crippen LogP contribution in [0.1, 0.15) is 25.0 Å². The standard InChI is InChI=1S/C49H33NOS/c1-49(2)43-12-6-3-9-37(43)38-23-21-35(28-44(38)49)50(36-22-24-40-39-10-4-7-13-45(39)51-46(40)29-36)34-19-17-30(18-20-34)31-15-16-32-26-42-41-11-5-8-14-47(41)52-48(42)27-33(32)25-31/h3-29H,1-2H3. The quantitative estimate of drug-likeness (QED) is 0.184. The maximum atomic E-state index is 6.39. The van der Waals surface area contributed by atoms with Gasteiger partial charge in [-0.1, -0.05) is 105 Å². The maximum Gasteiger partial charge on any atom is 0.137 e. The Morgan fingerprint density at radius 3 is 2.04 bits per heavy atom. The number of thiophene rings is 1. The topological polar surface area (TPSA) is 16.4 Å². The molecule has 0 fully saturated rings. The summed E-state index contributed by atoms with van der Waals surface area (Å²) in [4.78, 5) is 2.37. The third-order valence-corrected chi connectivity index (χ3v) is 12.4. The average Bonchev–Trinajstić information content (AvgIpc) is 3.81. The molecule has 52 heavy (non-hydrogen) atoms. The first-order valence-electron chi connectivity index (χ1n) is 17.9. The molecule has 246 valence electrons. The van der Waals surface area contributed by atoms with Crippen LogP contribution in [-0.4, -0.2) is 0 Å². The summed E-state index contributed by atoms with van der Waals surface area (Å²) in [5.41, 5.74) is 12.8. The van der Waals surface area contributed by atoms with Crippen LogP contribution in [-0.2, 0) is 5.41 Å². The molecule has 0 saturated heterocycles. The molecule has 3 heteroatoms. The third kappa shape index (κ3) is 4.36. The second-order valence-corrected chi connectivity index (χ2v) is 15.7. The lowest BCUT2D eigenvalue weighted by Gasteiger charge is -2.28. The Hall–Kier alpha value is -6.16. The second kappa shape index (κ2) is 10.9. The number of hydrogen-bond acceptors (Lipinski definition) is 3. The molecule has 0 bridgehead atoms. The summed E-state index contributed by atoms with van der Waals surface area (Å²) in [7, 11) is 0. The van der Waals surface area contributed by atoms with E-state index in [1.807, 2.05) is 23.5 Å². The van der Waals surface area contributed by atoms with E-state index < -0.39 is 0 Å². The van der Waals surface area contributed by atoms with E-state index in [-0.39, 0.29) is 5.41 Å². The Morgan fingerprint density at radius 2 is 1.13 bits per heavy atom. The Kier molecular flexibility index (Phi) is 6.21. The highest BCUT2D eigenvalue weighted by Gasteiger charge is 2.35. The number of anilines is 3. The first-order valence-corrected chi connectivity index (χ1v) is 18.7. The van der Waals surface area contributed by atoms with Crippen LogP contribution < -0.4 is 4.90 Å². The van der Waals surface area contributed by atoms with E-state index in [9.17, 15) is 0 Å². The minimum absolute atomic E-state index is 0.0996. The van der Waals surface area contributed by atoms with E-state index in [0.717, 1.165) is 39.0 Å². The van der Waals surface area contributed by atoms with Crippen molar-refractivity contribution in [1.82, 2.24) is 0 Å². The summed E-state index contributed by atoms with van der Waals surface area (Å²) in [5.74, 6) is 0. The molecule has 0 aliphatic heterocycles. The van der Waals surface area contributed by atoms with E-state index in [1.165, 1.54) is 64.3 Å². The molecule has 0 radical (unpaired) electrons. The molecule has 1 aliphatic rings. The summed E-state index contributed by atoms with van der Waals surface area (Å²) in [5, 5.41) is 7.48. The lowest BCUT2D eigenvalue weighted by Crippen LogP contribution is -2.16. The van der Waals surface area contributed by atoms with Gasteiger partial charge in [-0.15, -0.1) is 11.3 Å². The van der Waals surface area contributed by atoms with Gasteiger partial charge in [0.2, 0.25) is 0 Å². The van der Waals surface area contributed by atoms with E-state index in [0.29, 0.717) is 0 Å². The summed E-state index contributed by atoms with van der Waals surface area (Å²) in [6.07, 6.45) is 0. The molecule has 0 saturated carbocycles.